The van der Waals surface area contributed by atoms with Gasteiger partial charge < -0.3 is 4.74 Å². The maximum atomic E-state index is 5.93. The molecule has 1 fully saturated rings. The summed E-state index contributed by atoms with van der Waals surface area (Å²) >= 11 is 5.93. The normalized spacial score (nSPS) is 35.3. The van der Waals surface area contributed by atoms with E-state index < -0.39 is 0 Å². The Labute approximate surface area is 61.3 Å². The van der Waals surface area contributed by atoms with Crippen LogP contribution in [0.15, 0.2) is 0 Å². The molecular formula is C7H13ClO. The summed E-state index contributed by atoms with van der Waals surface area (Å²) in [5, 5.41) is 0.282. The lowest BCUT2D eigenvalue weighted by Gasteiger charge is -2.09. The van der Waals surface area contributed by atoms with Gasteiger partial charge in [-0.3, -0.25) is 0 Å². The fourth-order valence-electron chi connectivity index (χ4n) is 1.17. The van der Waals surface area contributed by atoms with Crippen LogP contribution >= 0.6 is 11.6 Å². The summed E-state index contributed by atoms with van der Waals surface area (Å²) in [5.74, 6) is 0. The van der Waals surface area contributed by atoms with Crippen LogP contribution in [0.5, 0.6) is 0 Å². The molecule has 0 saturated carbocycles. The van der Waals surface area contributed by atoms with Crippen molar-refractivity contribution in [3.8, 4) is 0 Å². The Morgan fingerprint density at radius 1 is 1.67 bits per heavy atom. The maximum Gasteiger partial charge on any atom is 0.0739 e. The zero-order valence-corrected chi connectivity index (χ0v) is 6.53. The zero-order chi connectivity index (χ0) is 6.69. The summed E-state index contributed by atoms with van der Waals surface area (Å²) in [7, 11) is 0. The summed E-state index contributed by atoms with van der Waals surface area (Å²) in [5.41, 5.74) is 0. The Morgan fingerprint density at radius 3 is 2.89 bits per heavy atom. The molecule has 9 heavy (non-hydrogen) atoms. The highest BCUT2D eigenvalue weighted by molar-refractivity contribution is 6.21. The predicted octanol–water partition coefficient (Wildman–Crippen LogP) is 2.18. The molecule has 0 aliphatic carbocycles. The molecule has 2 atom stereocenters. The van der Waals surface area contributed by atoms with Crippen LogP contribution in [-0.4, -0.2) is 18.1 Å². The lowest BCUT2D eigenvalue weighted by atomic mass is 10.1. The van der Waals surface area contributed by atoms with E-state index in [2.05, 4.69) is 6.92 Å². The zero-order valence-electron chi connectivity index (χ0n) is 5.77. The molecule has 1 aliphatic heterocycles. The molecule has 0 spiro atoms. The van der Waals surface area contributed by atoms with Crippen molar-refractivity contribution in [2.45, 2.75) is 37.7 Å². The van der Waals surface area contributed by atoms with Gasteiger partial charge in [-0.1, -0.05) is 13.3 Å². The van der Waals surface area contributed by atoms with Crippen molar-refractivity contribution < 1.29 is 4.74 Å². The van der Waals surface area contributed by atoms with Crippen LogP contribution in [0.3, 0.4) is 0 Å². The highest BCUT2D eigenvalue weighted by Gasteiger charge is 2.24. The van der Waals surface area contributed by atoms with Gasteiger partial charge in [0.15, 0.2) is 0 Å². The van der Waals surface area contributed by atoms with E-state index in [1.165, 1.54) is 6.42 Å². The summed E-state index contributed by atoms with van der Waals surface area (Å²) in [6.45, 7) is 3.02. The molecule has 0 unspecified atom stereocenters. The van der Waals surface area contributed by atoms with Crippen molar-refractivity contribution >= 4 is 11.6 Å². The average molecular weight is 149 g/mol. The smallest absolute Gasteiger partial charge is 0.0739 e. The van der Waals surface area contributed by atoms with Gasteiger partial charge in [-0.2, -0.15) is 0 Å². The first-order chi connectivity index (χ1) is 4.34. The Hall–Kier alpha value is 0.250. The van der Waals surface area contributed by atoms with E-state index in [9.17, 15) is 0 Å². The molecule has 1 aliphatic rings. The van der Waals surface area contributed by atoms with E-state index in [0.29, 0.717) is 6.10 Å². The third-order valence-electron chi connectivity index (χ3n) is 1.70. The quantitative estimate of drug-likeness (QED) is 0.546. The molecule has 0 aromatic rings. The van der Waals surface area contributed by atoms with Crippen molar-refractivity contribution in [2.75, 3.05) is 6.61 Å². The van der Waals surface area contributed by atoms with Gasteiger partial charge in [-0.15, -0.1) is 11.6 Å². The molecule has 1 rings (SSSR count). The first-order valence-electron chi connectivity index (χ1n) is 3.60. The SMILES string of the molecule is CCC[C@@H]1OCC[C@@H]1Cl. The van der Waals surface area contributed by atoms with Gasteiger partial charge in [-0.05, 0) is 12.8 Å². The number of halogens is 1. The highest BCUT2D eigenvalue weighted by Crippen LogP contribution is 2.22. The lowest BCUT2D eigenvalue weighted by Crippen LogP contribution is -2.14. The van der Waals surface area contributed by atoms with Crippen molar-refractivity contribution in [3.05, 3.63) is 0 Å². The minimum atomic E-state index is 0.282. The number of alkyl halides is 1. The number of hydrogen-bond donors (Lipinski definition) is 0. The molecule has 2 heteroatoms. The second kappa shape index (κ2) is 3.43. The molecule has 1 saturated heterocycles. The Morgan fingerprint density at radius 2 is 2.44 bits per heavy atom. The van der Waals surface area contributed by atoms with E-state index >= 15 is 0 Å². The fourth-order valence-corrected chi connectivity index (χ4v) is 1.46. The van der Waals surface area contributed by atoms with Gasteiger partial charge in [0.25, 0.3) is 0 Å². The second-order valence-corrected chi connectivity index (χ2v) is 3.06. The molecule has 1 nitrogen and oxygen atoms in total. The number of ether oxygens (including phenoxy) is 1. The molecule has 0 bridgehead atoms. The topological polar surface area (TPSA) is 9.23 Å². The Kier molecular flexibility index (Phi) is 2.80. The van der Waals surface area contributed by atoms with Crippen molar-refractivity contribution in [3.63, 3.8) is 0 Å². The van der Waals surface area contributed by atoms with E-state index in [4.69, 9.17) is 16.3 Å². The first-order valence-corrected chi connectivity index (χ1v) is 4.04. The van der Waals surface area contributed by atoms with Crippen LogP contribution in [0.4, 0.5) is 0 Å². The number of hydrogen-bond acceptors (Lipinski definition) is 1. The van der Waals surface area contributed by atoms with Crippen LogP contribution in [0.2, 0.25) is 0 Å². The summed E-state index contributed by atoms with van der Waals surface area (Å²) < 4.78 is 5.37. The summed E-state index contributed by atoms with van der Waals surface area (Å²) in [6.07, 6.45) is 3.67. The van der Waals surface area contributed by atoms with Gasteiger partial charge in [0.2, 0.25) is 0 Å². The third kappa shape index (κ3) is 1.84. The Balaban J connectivity index is 2.22. The third-order valence-corrected chi connectivity index (χ3v) is 2.20. The largest absolute Gasteiger partial charge is 0.377 e. The van der Waals surface area contributed by atoms with Crippen LogP contribution in [0, 0.1) is 0 Å². The standard InChI is InChI=1S/C7H13ClO/c1-2-3-7-6(8)4-5-9-7/h6-7H,2-5H2,1H3/t6-,7-/m0/s1. The van der Waals surface area contributed by atoms with Crippen LogP contribution in [-0.2, 0) is 4.74 Å². The Bertz CT molecular complexity index is 85.0. The molecule has 1 heterocycles. The first kappa shape index (κ1) is 7.36. The maximum absolute atomic E-state index is 5.93. The predicted molar refractivity (Wildman–Crippen MR) is 38.9 cm³/mol. The van der Waals surface area contributed by atoms with Crippen molar-refractivity contribution in [1.82, 2.24) is 0 Å². The monoisotopic (exact) mass is 148 g/mol. The second-order valence-electron chi connectivity index (χ2n) is 2.50. The summed E-state index contributed by atoms with van der Waals surface area (Å²) in [4.78, 5) is 0. The van der Waals surface area contributed by atoms with Crippen LogP contribution in [0.1, 0.15) is 26.2 Å². The minimum absolute atomic E-state index is 0.282. The average Bonchev–Trinajstić information content (AvgIpc) is 2.18. The molecular weight excluding hydrogens is 136 g/mol. The van der Waals surface area contributed by atoms with E-state index in [0.717, 1.165) is 19.4 Å². The van der Waals surface area contributed by atoms with Gasteiger partial charge in [0, 0.05) is 6.61 Å². The van der Waals surface area contributed by atoms with Crippen molar-refractivity contribution in [1.29, 1.82) is 0 Å². The van der Waals surface area contributed by atoms with Gasteiger partial charge in [0.05, 0.1) is 11.5 Å². The molecule has 0 aromatic carbocycles. The van der Waals surface area contributed by atoms with Crippen molar-refractivity contribution in [2.24, 2.45) is 0 Å². The molecule has 0 N–H and O–H groups in total. The molecule has 0 aromatic heterocycles. The van der Waals surface area contributed by atoms with Gasteiger partial charge >= 0.3 is 0 Å². The van der Waals surface area contributed by atoms with E-state index in [1.807, 2.05) is 0 Å². The van der Waals surface area contributed by atoms with Gasteiger partial charge in [0.1, 0.15) is 0 Å². The number of rotatable bonds is 2. The van der Waals surface area contributed by atoms with Gasteiger partial charge in [-0.25, -0.2) is 0 Å². The fraction of sp³-hybridized carbons (Fsp3) is 1.00. The molecule has 0 radical (unpaired) electrons. The van der Waals surface area contributed by atoms with E-state index in [-0.39, 0.29) is 5.38 Å². The molecule has 0 amide bonds. The lowest BCUT2D eigenvalue weighted by molar-refractivity contribution is 0.105. The highest BCUT2D eigenvalue weighted by atomic mass is 35.5. The van der Waals surface area contributed by atoms with E-state index in [1.54, 1.807) is 0 Å². The van der Waals surface area contributed by atoms with Crippen LogP contribution < -0.4 is 0 Å². The van der Waals surface area contributed by atoms with Crippen LogP contribution in [0.25, 0.3) is 0 Å². The summed E-state index contributed by atoms with van der Waals surface area (Å²) in [6, 6.07) is 0. The minimum Gasteiger partial charge on any atom is -0.377 e. The molecule has 54 valence electrons.